The molecule has 14 heavy (non-hydrogen) atoms. The quantitative estimate of drug-likeness (QED) is 0.778. The van der Waals surface area contributed by atoms with E-state index in [1.54, 1.807) is 0 Å². The molecular formula is C11H19N3. The van der Waals surface area contributed by atoms with Gasteiger partial charge < -0.3 is 9.88 Å². The van der Waals surface area contributed by atoms with E-state index >= 15 is 0 Å². The summed E-state index contributed by atoms with van der Waals surface area (Å²) in [5.74, 6) is 2.77. The third-order valence-corrected chi connectivity index (χ3v) is 2.96. The molecule has 3 heteroatoms. The summed E-state index contributed by atoms with van der Waals surface area (Å²) in [7, 11) is 0. The second-order valence-corrected chi connectivity index (χ2v) is 4.25. The number of hydrogen-bond donors (Lipinski definition) is 1. The summed E-state index contributed by atoms with van der Waals surface area (Å²) in [6, 6.07) is 0. The highest BCUT2D eigenvalue weighted by molar-refractivity contribution is 5.25. The lowest BCUT2D eigenvalue weighted by atomic mass is 10.1. The Labute approximate surface area is 85.5 Å². The standard InChI is InChI=1S/C11H19N3/c1-3-12-11-13-6-7-14(11)8-9(2)10-4-5-10/h6-7,9-10H,3-5,8H2,1-2H3,(H,12,13). The van der Waals surface area contributed by atoms with Crippen molar-refractivity contribution in [3.8, 4) is 0 Å². The highest BCUT2D eigenvalue weighted by Gasteiger charge is 2.28. The molecular weight excluding hydrogens is 174 g/mol. The van der Waals surface area contributed by atoms with Gasteiger partial charge in [-0.2, -0.15) is 0 Å². The molecule has 1 heterocycles. The molecule has 0 spiro atoms. The summed E-state index contributed by atoms with van der Waals surface area (Å²) < 4.78 is 2.23. The Kier molecular flexibility index (Phi) is 2.75. The van der Waals surface area contributed by atoms with Crippen molar-refractivity contribution in [3.05, 3.63) is 12.4 Å². The van der Waals surface area contributed by atoms with Crippen molar-refractivity contribution >= 4 is 5.95 Å². The van der Waals surface area contributed by atoms with Gasteiger partial charge in [-0.05, 0) is 31.6 Å². The number of rotatable bonds is 5. The minimum Gasteiger partial charge on any atom is -0.356 e. The highest BCUT2D eigenvalue weighted by Crippen LogP contribution is 2.37. The number of nitrogens with one attached hydrogen (secondary N) is 1. The van der Waals surface area contributed by atoms with E-state index in [1.807, 2.05) is 6.20 Å². The fraction of sp³-hybridized carbons (Fsp3) is 0.727. The Morgan fingerprint density at radius 2 is 2.43 bits per heavy atom. The monoisotopic (exact) mass is 193 g/mol. The third-order valence-electron chi connectivity index (χ3n) is 2.96. The Hall–Kier alpha value is -0.990. The molecule has 3 nitrogen and oxygen atoms in total. The largest absolute Gasteiger partial charge is 0.356 e. The lowest BCUT2D eigenvalue weighted by Gasteiger charge is -2.13. The van der Waals surface area contributed by atoms with Gasteiger partial charge >= 0.3 is 0 Å². The van der Waals surface area contributed by atoms with E-state index in [1.165, 1.54) is 12.8 Å². The van der Waals surface area contributed by atoms with E-state index in [-0.39, 0.29) is 0 Å². The van der Waals surface area contributed by atoms with Gasteiger partial charge in [-0.25, -0.2) is 4.98 Å². The average molecular weight is 193 g/mol. The molecule has 78 valence electrons. The number of anilines is 1. The summed E-state index contributed by atoms with van der Waals surface area (Å²) >= 11 is 0. The van der Waals surface area contributed by atoms with Crippen molar-refractivity contribution in [2.24, 2.45) is 11.8 Å². The van der Waals surface area contributed by atoms with Crippen molar-refractivity contribution in [2.45, 2.75) is 33.2 Å². The number of aromatic nitrogens is 2. The Morgan fingerprint density at radius 3 is 3.07 bits per heavy atom. The zero-order valence-corrected chi connectivity index (χ0v) is 9.03. The van der Waals surface area contributed by atoms with Crippen molar-refractivity contribution in [2.75, 3.05) is 11.9 Å². The molecule has 1 aromatic heterocycles. The zero-order chi connectivity index (χ0) is 9.97. The van der Waals surface area contributed by atoms with Crippen molar-refractivity contribution < 1.29 is 0 Å². The third kappa shape index (κ3) is 2.08. The summed E-state index contributed by atoms with van der Waals surface area (Å²) in [5.41, 5.74) is 0. The first-order chi connectivity index (χ1) is 6.81. The molecule has 2 rings (SSSR count). The van der Waals surface area contributed by atoms with Gasteiger partial charge in [0.05, 0.1) is 0 Å². The van der Waals surface area contributed by atoms with E-state index in [2.05, 4.69) is 34.9 Å². The molecule has 0 radical (unpaired) electrons. The van der Waals surface area contributed by atoms with Crippen molar-refractivity contribution in [3.63, 3.8) is 0 Å². The maximum atomic E-state index is 4.29. The zero-order valence-electron chi connectivity index (χ0n) is 9.03. The molecule has 0 aromatic carbocycles. The van der Waals surface area contributed by atoms with Gasteiger partial charge in [0.1, 0.15) is 0 Å². The lowest BCUT2D eigenvalue weighted by molar-refractivity contribution is 0.432. The smallest absolute Gasteiger partial charge is 0.202 e. The molecule has 1 unspecified atom stereocenters. The van der Waals surface area contributed by atoms with Crippen LogP contribution in [0.4, 0.5) is 5.95 Å². The van der Waals surface area contributed by atoms with Gasteiger partial charge in [0.25, 0.3) is 0 Å². The van der Waals surface area contributed by atoms with E-state index in [4.69, 9.17) is 0 Å². The van der Waals surface area contributed by atoms with Crippen molar-refractivity contribution in [1.82, 2.24) is 9.55 Å². The minimum atomic E-state index is 0.793. The minimum absolute atomic E-state index is 0.793. The number of imidazole rings is 1. The van der Waals surface area contributed by atoms with E-state index in [9.17, 15) is 0 Å². The van der Waals surface area contributed by atoms with Crippen LogP contribution in [0.3, 0.4) is 0 Å². The van der Waals surface area contributed by atoms with E-state index in [0.29, 0.717) is 0 Å². The second kappa shape index (κ2) is 4.03. The Morgan fingerprint density at radius 1 is 1.64 bits per heavy atom. The van der Waals surface area contributed by atoms with Crippen LogP contribution in [0.1, 0.15) is 26.7 Å². The van der Waals surface area contributed by atoms with Crippen LogP contribution in [0.15, 0.2) is 12.4 Å². The molecule has 0 aliphatic heterocycles. The summed E-state index contributed by atoms with van der Waals surface area (Å²) in [5, 5.41) is 3.27. The van der Waals surface area contributed by atoms with Gasteiger partial charge in [-0.15, -0.1) is 0 Å². The van der Waals surface area contributed by atoms with Gasteiger partial charge in [0.15, 0.2) is 0 Å². The van der Waals surface area contributed by atoms with Crippen LogP contribution in [0.25, 0.3) is 0 Å². The fourth-order valence-corrected chi connectivity index (χ4v) is 1.91. The Balaban J connectivity index is 1.96. The SMILES string of the molecule is CCNc1nccn1CC(C)C1CC1. The van der Waals surface area contributed by atoms with Crippen LogP contribution in [0.2, 0.25) is 0 Å². The van der Waals surface area contributed by atoms with Crippen LogP contribution in [-0.2, 0) is 6.54 Å². The van der Waals surface area contributed by atoms with E-state index < -0.39 is 0 Å². The molecule has 1 fully saturated rings. The molecule has 1 aromatic rings. The molecule has 1 atom stereocenters. The van der Waals surface area contributed by atoms with Gasteiger partial charge in [0.2, 0.25) is 5.95 Å². The predicted molar refractivity (Wildman–Crippen MR) is 58.3 cm³/mol. The normalized spacial score (nSPS) is 18.1. The molecule has 1 aliphatic carbocycles. The van der Waals surface area contributed by atoms with Gasteiger partial charge in [0, 0.05) is 25.5 Å². The molecule has 1 N–H and O–H groups in total. The summed E-state index contributed by atoms with van der Waals surface area (Å²) in [6.07, 6.45) is 6.79. The van der Waals surface area contributed by atoms with Crippen LogP contribution >= 0.6 is 0 Å². The lowest BCUT2D eigenvalue weighted by Crippen LogP contribution is -2.12. The van der Waals surface area contributed by atoms with Gasteiger partial charge in [-0.3, -0.25) is 0 Å². The maximum absolute atomic E-state index is 4.29. The second-order valence-electron chi connectivity index (χ2n) is 4.25. The fourth-order valence-electron chi connectivity index (χ4n) is 1.91. The number of hydrogen-bond acceptors (Lipinski definition) is 2. The molecule has 0 bridgehead atoms. The molecule has 0 saturated heterocycles. The molecule has 1 aliphatic rings. The predicted octanol–water partition coefficient (Wildman–Crippen LogP) is 2.36. The number of nitrogens with zero attached hydrogens (tertiary/aromatic N) is 2. The summed E-state index contributed by atoms with van der Waals surface area (Å²) in [4.78, 5) is 4.29. The average Bonchev–Trinajstić information content (AvgIpc) is 2.93. The first-order valence-electron chi connectivity index (χ1n) is 5.56. The van der Waals surface area contributed by atoms with Crippen LogP contribution < -0.4 is 5.32 Å². The van der Waals surface area contributed by atoms with Crippen LogP contribution in [0.5, 0.6) is 0 Å². The molecule has 0 amide bonds. The maximum Gasteiger partial charge on any atom is 0.202 e. The van der Waals surface area contributed by atoms with E-state index in [0.717, 1.165) is 30.9 Å². The first-order valence-corrected chi connectivity index (χ1v) is 5.56. The highest BCUT2D eigenvalue weighted by atomic mass is 15.2. The topological polar surface area (TPSA) is 29.9 Å². The van der Waals surface area contributed by atoms with Crippen LogP contribution in [-0.4, -0.2) is 16.1 Å². The van der Waals surface area contributed by atoms with Gasteiger partial charge in [-0.1, -0.05) is 6.92 Å². The van der Waals surface area contributed by atoms with Crippen LogP contribution in [0, 0.1) is 11.8 Å². The Bertz CT molecular complexity index is 288. The first kappa shape index (κ1) is 9.56. The molecule has 1 saturated carbocycles. The van der Waals surface area contributed by atoms with Crippen molar-refractivity contribution in [1.29, 1.82) is 0 Å². The summed E-state index contributed by atoms with van der Waals surface area (Å²) in [6.45, 7) is 6.48.